The van der Waals surface area contributed by atoms with E-state index in [0.717, 1.165) is 0 Å². The smallest absolute Gasteiger partial charge is 0.265 e. The average molecular weight is 248 g/mol. The fourth-order valence-corrected chi connectivity index (χ4v) is 1.17. The van der Waals surface area contributed by atoms with Gasteiger partial charge in [0.25, 0.3) is 5.91 Å². The summed E-state index contributed by atoms with van der Waals surface area (Å²) in [6.45, 7) is 4.30. The molecule has 6 heteroatoms. The predicted octanol–water partition coefficient (Wildman–Crippen LogP) is 0.00830. The van der Waals surface area contributed by atoms with Gasteiger partial charge in [-0.1, -0.05) is 6.08 Å². The van der Waals surface area contributed by atoms with Crippen LogP contribution in [0.15, 0.2) is 37.2 Å². The van der Waals surface area contributed by atoms with E-state index in [-0.39, 0.29) is 18.2 Å². The Kier molecular flexibility index (Phi) is 6.13. The number of hydrogen-bond donors (Lipinski definition) is 3. The van der Waals surface area contributed by atoms with Gasteiger partial charge in [-0.05, 0) is 12.1 Å². The van der Waals surface area contributed by atoms with Crippen LogP contribution in [-0.2, 0) is 4.79 Å². The van der Waals surface area contributed by atoms with Crippen molar-refractivity contribution in [2.45, 2.75) is 6.42 Å². The Morgan fingerprint density at radius 3 is 2.72 bits per heavy atom. The number of amides is 2. The second-order valence-electron chi connectivity index (χ2n) is 3.46. The van der Waals surface area contributed by atoms with Crippen molar-refractivity contribution < 1.29 is 9.59 Å². The third kappa shape index (κ3) is 5.22. The van der Waals surface area contributed by atoms with Crippen LogP contribution in [0, 0.1) is 0 Å². The lowest BCUT2D eigenvalue weighted by Crippen LogP contribution is -2.39. The molecule has 96 valence electrons. The molecule has 0 fully saturated rings. The summed E-state index contributed by atoms with van der Waals surface area (Å²) in [7, 11) is 0. The summed E-state index contributed by atoms with van der Waals surface area (Å²) < 4.78 is 0. The first-order valence-corrected chi connectivity index (χ1v) is 5.55. The second-order valence-corrected chi connectivity index (χ2v) is 3.46. The number of nitrogens with one attached hydrogen (secondary N) is 3. The standard InChI is InChI=1S/C12H16N4O2/c1-2-6-14-11(17)5-9-15-16-12(18)10-3-7-13-8-4-10/h2-4,7-8,15H,1,5-6,9H2,(H,14,17)(H,16,18). The zero-order valence-corrected chi connectivity index (χ0v) is 9.98. The van der Waals surface area contributed by atoms with Gasteiger partial charge in [0.2, 0.25) is 5.91 Å². The van der Waals surface area contributed by atoms with Crippen LogP contribution in [0.3, 0.4) is 0 Å². The molecular formula is C12H16N4O2. The average Bonchev–Trinajstić information content (AvgIpc) is 2.42. The lowest BCUT2D eigenvalue weighted by Gasteiger charge is -2.07. The first-order valence-electron chi connectivity index (χ1n) is 5.55. The van der Waals surface area contributed by atoms with Crippen LogP contribution in [0.5, 0.6) is 0 Å². The van der Waals surface area contributed by atoms with E-state index in [1.165, 1.54) is 12.4 Å². The summed E-state index contributed by atoms with van der Waals surface area (Å²) >= 11 is 0. The molecule has 2 amide bonds. The molecule has 3 N–H and O–H groups in total. The van der Waals surface area contributed by atoms with Crippen molar-refractivity contribution in [3.63, 3.8) is 0 Å². The molecule has 0 aliphatic carbocycles. The van der Waals surface area contributed by atoms with Crippen molar-refractivity contribution in [3.05, 3.63) is 42.7 Å². The number of hydrogen-bond acceptors (Lipinski definition) is 4. The predicted molar refractivity (Wildman–Crippen MR) is 67.5 cm³/mol. The molecular weight excluding hydrogens is 232 g/mol. The first-order chi connectivity index (χ1) is 8.74. The Morgan fingerprint density at radius 1 is 1.33 bits per heavy atom. The van der Waals surface area contributed by atoms with Crippen LogP contribution >= 0.6 is 0 Å². The van der Waals surface area contributed by atoms with Gasteiger partial charge >= 0.3 is 0 Å². The molecule has 0 aliphatic heterocycles. The number of carbonyl (C=O) groups is 2. The molecule has 1 aromatic heterocycles. The number of rotatable bonds is 7. The maximum Gasteiger partial charge on any atom is 0.265 e. The minimum absolute atomic E-state index is 0.0967. The minimum Gasteiger partial charge on any atom is -0.353 e. The highest BCUT2D eigenvalue weighted by Gasteiger charge is 2.04. The Hall–Kier alpha value is -2.21. The van der Waals surface area contributed by atoms with Crippen molar-refractivity contribution >= 4 is 11.8 Å². The quantitative estimate of drug-likeness (QED) is 0.360. The molecule has 1 aromatic rings. The Labute approximate surface area is 105 Å². The van der Waals surface area contributed by atoms with Crippen molar-refractivity contribution in [2.75, 3.05) is 13.1 Å². The molecule has 0 radical (unpaired) electrons. The molecule has 0 aliphatic rings. The first kappa shape index (κ1) is 13.9. The minimum atomic E-state index is -0.260. The van der Waals surface area contributed by atoms with Crippen LogP contribution in [0.25, 0.3) is 0 Å². The molecule has 0 spiro atoms. The highest BCUT2D eigenvalue weighted by atomic mass is 16.2. The lowest BCUT2D eigenvalue weighted by molar-refractivity contribution is -0.120. The zero-order chi connectivity index (χ0) is 13.2. The summed E-state index contributed by atoms with van der Waals surface area (Å²) in [5, 5.41) is 2.63. The lowest BCUT2D eigenvalue weighted by atomic mass is 10.3. The number of pyridine rings is 1. The largest absolute Gasteiger partial charge is 0.353 e. The molecule has 0 saturated carbocycles. The summed E-state index contributed by atoms with van der Waals surface area (Å²) in [4.78, 5) is 26.6. The van der Waals surface area contributed by atoms with Crippen molar-refractivity contribution in [3.8, 4) is 0 Å². The van der Waals surface area contributed by atoms with Crippen molar-refractivity contribution in [1.29, 1.82) is 0 Å². The van der Waals surface area contributed by atoms with Gasteiger partial charge in [0.05, 0.1) is 0 Å². The van der Waals surface area contributed by atoms with Gasteiger partial charge in [-0.15, -0.1) is 6.58 Å². The summed E-state index contributed by atoms with van der Waals surface area (Å²) in [6, 6.07) is 3.21. The van der Waals surface area contributed by atoms with Crippen LogP contribution in [0.2, 0.25) is 0 Å². The number of carbonyl (C=O) groups excluding carboxylic acids is 2. The number of nitrogens with zero attached hydrogens (tertiary/aromatic N) is 1. The van der Waals surface area contributed by atoms with Gasteiger partial charge in [-0.2, -0.15) is 0 Å². The molecule has 1 rings (SSSR count). The topological polar surface area (TPSA) is 83.1 Å². The number of hydrazine groups is 1. The molecule has 1 heterocycles. The maximum atomic E-state index is 11.5. The Balaban J connectivity index is 2.17. The van der Waals surface area contributed by atoms with Gasteiger partial charge in [0, 0.05) is 37.5 Å². The third-order valence-electron chi connectivity index (χ3n) is 2.07. The fraction of sp³-hybridized carbons (Fsp3) is 0.250. The fourth-order valence-electron chi connectivity index (χ4n) is 1.17. The van der Waals surface area contributed by atoms with E-state index in [1.807, 2.05) is 0 Å². The van der Waals surface area contributed by atoms with Crippen molar-refractivity contribution in [1.82, 2.24) is 21.2 Å². The summed E-state index contributed by atoms with van der Waals surface area (Å²) in [6.07, 6.45) is 4.97. The van der Waals surface area contributed by atoms with E-state index in [2.05, 4.69) is 27.7 Å². The zero-order valence-electron chi connectivity index (χ0n) is 9.98. The molecule has 0 unspecified atom stereocenters. The normalized spacial score (nSPS) is 9.56. The molecule has 0 saturated heterocycles. The second kappa shape index (κ2) is 7.97. The highest BCUT2D eigenvalue weighted by molar-refractivity contribution is 5.93. The Bertz CT molecular complexity index is 406. The van der Waals surface area contributed by atoms with Crippen molar-refractivity contribution in [2.24, 2.45) is 0 Å². The monoisotopic (exact) mass is 248 g/mol. The number of aromatic nitrogens is 1. The van der Waals surface area contributed by atoms with Crippen LogP contribution in [0.1, 0.15) is 16.8 Å². The Morgan fingerprint density at radius 2 is 2.06 bits per heavy atom. The van der Waals surface area contributed by atoms with E-state index in [4.69, 9.17) is 0 Å². The molecule has 0 aromatic carbocycles. The van der Waals surface area contributed by atoms with E-state index < -0.39 is 0 Å². The maximum absolute atomic E-state index is 11.5. The van der Waals surface area contributed by atoms with Crippen LogP contribution in [0.4, 0.5) is 0 Å². The SMILES string of the molecule is C=CCNC(=O)CCNNC(=O)c1ccncc1. The van der Waals surface area contributed by atoms with Gasteiger partial charge < -0.3 is 5.32 Å². The van der Waals surface area contributed by atoms with Gasteiger partial charge in [0.1, 0.15) is 0 Å². The van der Waals surface area contributed by atoms with E-state index in [0.29, 0.717) is 18.7 Å². The van der Waals surface area contributed by atoms with Crippen LogP contribution < -0.4 is 16.2 Å². The third-order valence-corrected chi connectivity index (χ3v) is 2.07. The van der Waals surface area contributed by atoms with Crippen LogP contribution in [-0.4, -0.2) is 29.9 Å². The summed E-state index contributed by atoms with van der Waals surface area (Å²) in [5.41, 5.74) is 5.69. The van der Waals surface area contributed by atoms with E-state index >= 15 is 0 Å². The molecule has 0 bridgehead atoms. The molecule has 0 atom stereocenters. The van der Waals surface area contributed by atoms with E-state index in [9.17, 15) is 9.59 Å². The van der Waals surface area contributed by atoms with Gasteiger partial charge in [-0.25, -0.2) is 5.43 Å². The molecule has 18 heavy (non-hydrogen) atoms. The van der Waals surface area contributed by atoms with Gasteiger partial charge in [-0.3, -0.25) is 20.0 Å². The van der Waals surface area contributed by atoms with Gasteiger partial charge in [0.15, 0.2) is 0 Å². The molecule has 6 nitrogen and oxygen atoms in total. The summed E-state index contributed by atoms with van der Waals surface area (Å²) in [5.74, 6) is -0.357. The highest BCUT2D eigenvalue weighted by Crippen LogP contribution is 1.94. The van der Waals surface area contributed by atoms with E-state index in [1.54, 1.807) is 18.2 Å².